The quantitative estimate of drug-likeness (QED) is 0.815. The summed E-state index contributed by atoms with van der Waals surface area (Å²) >= 11 is 0. The summed E-state index contributed by atoms with van der Waals surface area (Å²) < 4.78 is 5.99. The van der Waals surface area contributed by atoms with Gasteiger partial charge in [-0.3, -0.25) is 4.90 Å². The molecule has 1 N–H and O–H groups in total. The molecular formula is C15H29N3O. The maximum atomic E-state index is 5.99. The number of ether oxygens (including phenoxy) is 1. The molecule has 3 aliphatic heterocycles. The number of hydrogen-bond donors (Lipinski definition) is 1. The zero-order chi connectivity index (χ0) is 13.1. The zero-order valence-corrected chi connectivity index (χ0v) is 12.3. The molecule has 0 amide bonds. The van der Waals surface area contributed by atoms with E-state index in [1.165, 1.54) is 51.9 Å². The smallest absolute Gasteiger partial charge is 0.0826 e. The molecule has 0 bridgehead atoms. The van der Waals surface area contributed by atoms with E-state index in [-0.39, 0.29) is 0 Å². The summed E-state index contributed by atoms with van der Waals surface area (Å²) in [6.07, 6.45) is 5.83. The van der Waals surface area contributed by atoms with Crippen molar-refractivity contribution in [2.24, 2.45) is 5.92 Å². The molecule has 3 fully saturated rings. The predicted molar refractivity (Wildman–Crippen MR) is 77.4 cm³/mol. The molecule has 2 atom stereocenters. The fraction of sp³-hybridized carbons (Fsp3) is 1.00. The highest BCUT2D eigenvalue weighted by Crippen LogP contribution is 2.22. The lowest BCUT2D eigenvalue weighted by atomic mass is 9.97. The first-order valence-corrected chi connectivity index (χ1v) is 8.06. The Morgan fingerprint density at radius 1 is 1.11 bits per heavy atom. The van der Waals surface area contributed by atoms with Gasteiger partial charge in [0.2, 0.25) is 0 Å². The fourth-order valence-corrected chi connectivity index (χ4v) is 3.72. The van der Waals surface area contributed by atoms with Gasteiger partial charge in [-0.2, -0.15) is 0 Å². The van der Waals surface area contributed by atoms with Crippen LogP contribution in [0, 0.1) is 5.92 Å². The second-order valence-electron chi connectivity index (χ2n) is 6.65. The van der Waals surface area contributed by atoms with Crippen molar-refractivity contribution in [3.63, 3.8) is 0 Å². The van der Waals surface area contributed by atoms with E-state index in [0.29, 0.717) is 6.10 Å². The molecule has 3 aliphatic rings. The Hall–Kier alpha value is -0.160. The summed E-state index contributed by atoms with van der Waals surface area (Å²) in [5, 5.41) is 3.65. The van der Waals surface area contributed by atoms with Crippen molar-refractivity contribution in [3.8, 4) is 0 Å². The highest BCUT2D eigenvalue weighted by atomic mass is 16.5. The van der Waals surface area contributed by atoms with Crippen molar-refractivity contribution in [2.75, 3.05) is 52.9 Å². The molecule has 4 heteroatoms. The molecule has 0 aromatic heterocycles. The van der Waals surface area contributed by atoms with Gasteiger partial charge in [-0.1, -0.05) is 0 Å². The summed E-state index contributed by atoms with van der Waals surface area (Å²) in [6.45, 7) is 8.14. The number of likely N-dealkylation sites (tertiary alicyclic amines) is 1. The number of nitrogens with one attached hydrogen (secondary N) is 1. The van der Waals surface area contributed by atoms with E-state index in [2.05, 4.69) is 22.2 Å². The lowest BCUT2D eigenvalue weighted by Gasteiger charge is -2.35. The van der Waals surface area contributed by atoms with E-state index >= 15 is 0 Å². The average Bonchev–Trinajstić information content (AvgIpc) is 2.88. The molecule has 3 heterocycles. The summed E-state index contributed by atoms with van der Waals surface area (Å²) in [5.74, 6) is 0.874. The minimum atomic E-state index is 0.417. The van der Waals surface area contributed by atoms with Gasteiger partial charge < -0.3 is 15.0 Å². The van der Waals surface area contributed by atoms with Gasteiger partial charge in [0.05, 0.1) is 12.7 Å². The van der Waals surface area contributed by atoms with Crippen LogP contribution in [0.1, 0.15) is 25.7 Å². The van der Waals surface area contributed by atoms with Gasteiger partial charge in [0.15, 0.2) is 0 Å². The van der Waals surface area contributed by atoms with Gasteiger partial charge in [-0.15, -0.1) is 0 Å². The highest BCUT2D eigenvalue weighted by Gasteiger charge is 2.31. The molecule has 3 rings (SSSR count). The van der Waals surface area contributed by atoms with Crippen LogP contribution in [0.4, 0.5) is 0 Å². The summed E-state index contributed by atoms with van der Waals surface area (Å²) in [4.78, 5) is 5.07. The van der Waals surface area contributed by atoms with Crippen molar-refractivity contribution in [3.05, 3.63) is 0 Å². The number of nitrogens with zero attached hydrogens (tertiary/aromatic N) is 2. The Bertz CT molecular complexity index is 279. The fourth-order valence-electron chi connectivity index (χ4n) is 3.72. The number of fused-ring (bicyclic) bond motifs is 1. The largest absolute Gasteiger partial charge is 0.374 e. The molecule has 2 unspecified atom stereocenters. The van der Waals surface area contributed by atoms with Crippen LogP contribution in [0.3, 0.4) is 0 Å². The first-order valence-electron chi connectivity index (χ1n) is 8.06. The number of rotatable bonds is 4. The molecule has 110 valence electrons. The standard InChI is InChI=1S/C15H29N3O/c1-17-7-4-13(5-8-17)9-16-10-15-11-18-6-2-3-14(18)12-19-15/h13-16H,2-12H2,1H3. The van der Waals surface area contributed by atoms with E-state index in [1.54, 1.807) is 0 Å². The topological polar surface area (TPSA) is 27.7 Å². The summed E-state index contributed by atoms with van der Waals surface area (Å²) in [5.41, 5.74) is 0. The van der Waals surface area contributed by atoms with Gasteiger partial charge in [0.1, 0.15) is 0 Å². The van der Waals surface area contributed by atoms with Crippen molar-refractivity contribution in [2.45, 2.75) is 37.8 Å². The summed E-state index contributed by atoms with van der Waals surface area (Å²) in [6, 6.07) is 0.727. The van der Waals surface area contributed by atoms with E-state index in [9.17, 15) is 0 Å². The second kappa shape index (κ2) is 6.53. The van der Waals surface area contributed by atoms with Crippen LogP contribution >= 0.6 is 0 Å². The molecule has 0 aromatic rings. The molecule has 0 radical (unpaired) electrons. The summed E-state index contributed by atoms with van der Waals surface area (Å²) in [7, 11) is 2.23. The monoisotopic (exact) mass is 267 g/mol. The van der Waals surface area contributed by atoms with Crippen molar-refractivity contribution < 1.29 is 4.74 Å². The van der Waals surface area contributed by atoms with Crippen LogP contribution in [-0.4, -0.2) is 74.9 Å². The van der Waals surface area contributed by atoms with Gasteiger partial charge >= 0.3 is 0 Å². The molecular weight excluding hydrogens is 238 g/mol. The second-order valence-corrected chi connectivity index (χ2v) is 6.65. The molecule has 0 spiro atoms. The maximum absolute atomic E-state index is 5.99. The molecule has 0 aromatic carbocycles. The Morgan fingerprint density at radius 3 is 2.79 bits per heavy atom. The van der Waals surface area contributed by atoms with Crippen molar-refractivity contribution >= 4 is 0 Å². The molecule has 19 heavy (non-hydrogen) atoms. The van der Waals surface area contributed by atoms with E-state index in [1.807, 2.05) is 0 Å². The van der Waals surface area contributed by atoms with Gasteiger partial charge in [-0.25, -0.2) is 0 Å². The van der Waals surface area contributed by atoms with E-state index in [0.717, 1.165) is 31.7 Å². The van der Waals surface area contributed by atoms with Gasteiger partial charge in [-0.05, 0) is 64.8 Å². The Labute approximate surface area is 117 Å². The molecule has 0 aliphatic carbocycles. The number of hydrogen-bond acceptors (Lipinski definition) is 4. The van der Waals surface area contributed by atoms with Crippen LogP contribution in [-0.2, 0) is 4.74 Å². The molecule has 4 nitrogen and oxygen atoms in total. The van der Waals surface area contributed by atoms with E-state index < -0.39 is 0 Å². The Balaban J connectivity index is 1.32. The third kappa shape index (κ3) is 3.69. The Morgan fingerprint density at radius 2 is 1.95 bits per heavy atom. The zero-order valence-electron chi connectivity index (χ0n) is 12.3. The minimum absolute atomic E-state index is 0.417. The van der Waals surface area contributed by atoms with Crippen LogP contribution in [0.2, 0.25) is 0 Å². The number of morpholine rings is 1. The van der Waals surface area contributed by atoms with Crippen LogP contribution in [0.15, 0.2) is 0 Å². The van der Waals surface area contributed by atoms with Crippen LogP contribution < -0.4 is 5.32 Å². The first kappa shape index (κ1) is 13.8. The SMILES string of the molecule is CN1CCC(CNCC2CN3CCCC3CO2)CC1. The van der Waals surface area contributed by atoms with Gasteiger partial charge in [0, 0.05) is 19.1 Å². The van der Waals surface area contributed by atoms with Crippen molar-refractivity contribution in [1.29, 1.82) is 0 Å². The third-order valence-electron chi connectivity index (χ3n) is 5.10. The highest BCUT2D eigenvalue weighted by molar-refractivity contribution is 4.86. The maximum Gasteiger partial charge on any atom is 0.0826 e. The average molecular weight is 267 g/mol. The normalized spacial score (nSPS) is 34.6. The lowest BCUT2D eigenvalue weighted by Crippen LogP contribution is -2.50. The van der Waals surface area contributed by atoms with Crippen LogP contribution in [0.25, 0.3) is 0 Å². The van der Waals surface area contributed by atoms with Gasteiger partial charge in [0.25, 0.3) is 0 Å². The first-order chi connectivity index (χ1) is 9.31. The predicted octanol–water partition coefficient (Wildman–Crippen LogP) is 0.781. The lowest BCUT2D eigenvalue weighted by molar-refractivity contribution is -0.0472. The van der Waals surface area contributed by atoms with E-state index in [4.69, 9.17) is 4.74 Å². The third-order valence-corrected chi connectivity index (χ3v) is 5.10. The van der Waals surface area contributed by atoms with Crippen LogP contribution in [0.5, 0.6) is 0 Å². The number of piperidine rings is 1. The minimum Gasteiger partial charge on any atom is -0.374 e. The van der Waals surface area contributed by atoms with Crippen molar-refractivity contribution in [1.82, 2.24) is 15.1 Å². The molecule has 0 saturated carbocycles. The molecule has 3 saturated heterocycles. The Kier molecular flexibility index (Phi) is 4.74.